The molecule has 5 aromatic rings. The van der Waals surface area contributed by atoms with Crippen molar-refractivity contribution in [2.24, 2.45) is 0 Å². The van der Waals surface area contributed by atoms with E-state index in [9.17, 15) is 9.90 Å². The van der Waals surface area contributed by atoms with Gasteiger partial charge >= 0.3 is 0 Å². The van der Waals surface area contributed by atoms with E-state index in [1.165, 1.54) is 11.8 Å². The largest absolute Gasteiger partial charge is 0.507 e. The molecular weight excluding hydrogens is 472 g/mol. The predicted octanol–water partition coefficient (Wildman–Crippen LogP) is 6.16. The Bertz CT molecular complexity index is 1460. The molecule has 0 saturated heterocycles. The van der Waals surface area contributed by atoms with Crippen LogP contribution < -0.4 is 10.1 Å². The van der Waals surface area contributed by atoms with Gasteiger partial charge in [-0.05, 0) is 60.7 Å². The lowest BCUT2D eigenvalue weighted by molar-refractivity contribution is -0.113. The highest BCUT2D eigenvalue weighted by atomic mass is 32.2. The second-order valence-electron chi connectivity index (χ2n) is 7.77. The van der Waals surface area contributed by atoms with Crippen LogP contribution in [0.2, 0.25) is 0 Å². The van der Waals surface area contributed by atoms with Crippen molar-refractivity contribution in [3.63, 3.8) is 0 Å². The van der Waals surface area contributed by atoms with E-state index in [4.69, 9.17) is 4.74 Å². The molecule has 1 heterocycles. The zero-order valence-electron chi connectivity index (χ0n) is 19.1. The van der Waals surface area contributed by atoms with E-state index in [1.807, 2.05) is 71.3 Å². The van der Waals surface area contributed by atoms with Gasteiger partial charge in [0.25, 0.3) is 0 Å². The number of benzene rings is 4. The van der Waals surface area contributed by atoms with Crippen molar-refractivity contribution in [1.82, 2.24) is 14.8 Å². The number of ether oxygens (including phenoxy) is 1. The van der Waals surface area contributed by atoms with E-state index >= 15 is 0 Å². The lowest BCUT2D eigenvalue weighted by atomic mass is 10.2. The van der Waals surface area contributed by atoms with Crippen LogP contribution >= 0.6 is 11.8 Å². The number of aromatic hydroxyl groups is 1. The molecular formula is C28H22N4O3S. The van der Waals surface area contributed by atoms with Crippen LogP contribution in [0.4, 0.5) is 5.69 Å². The molecule has 0 aliphatic heterocycles. The smallest absolute Gasteiger partial charge is 0.234 e. The number of carbonyl (C=O) groups excluding carboxylic acids is 1. The SMILES string of the molecule is O=C(CSc1nnc(-c2ccccc2O)n1-c1ccccc1)Nc1ccc(Oc2ccccc2)cc1. The van der Waals surface area contributed by atoms with Crippen LogP contribution in [-0.4, -0.2) is 31.5 Å². The number of aromatic nitrogens is 3. The van der Waals surface area contributed by atoms with Crippen molar-refractivity contribution in [1.29, 1.82) is 0 Å². The van der Waals surface area contributed by atoms with Gasteiger partial charge in [0.05, 0.1) is 11.3 Å². The molecule has 0 fully saturated rings. The van der Waals surface area contributed by atoms with Gasteiger partial charge in [-0.15, -0.1) is 10.2 Å². The summed E-state index contributed by atoms with van der Waals surface area (Å²) in [4.78, 5) is 12.7. The lowest BCUT2D eigenvalue weighted by Crippen LogP contribution is -2.14. The minimum Gasteiger partial charge on any atom is -0.507 e. The second kappa shape index (κ2) is 10.8. The van der Waals surface area contributed by atoms with Gasteiger partial charge in [0.1, 0.15) is 17.2 Å². The van der Waals surface area contributed by atoms with Gasteiger partial charge < -0.3 is 15.2 Å². The Morgan fingerprint density at radius 1 is 0.806 bits per heavy atom. The van der Waals surface area contributed by atoms with Crippen molar-refractivity contribution < 1.29 is 14.6 Å². The molecule has 8 heteroatoms. The molecule has 0 spiro atoms. The average molecular weight is 495 g/mol. The molecule has 36 heavy (non-hydrogen) atoms. The Kier molecular flexibility index (Phi) is 6.95. The topological polar surface area (TPSA) is 89.3 Å². The number of anilines is 1. The number of hydrogen-bond acceptors (Lipinski definition) is 6. The highest BCUT2D eigenvalue weighted by Crippen LogP contribution is 2.32. The van der Waals surface area contributed by atoms with Gasteiger partial charge in [-0.3, -0.25) is 9.36 Å². The van der Waals surface area contributed by atoms with Crippen LogP contribution in [0.15, 0.2) is 114 Å². The number of thioether (sulfide) groups is 1. The van der Waals surface area contributed by atoms with Crippen LogP contribution in [-0.2, 0) is 4.79 Å². The zero-order chi connectivity index (χ0) is 24.7. The minimum absolute atomic E-state index is 0.107. The fourth-order valence-corrected chi connectivity index (χ4v) is 4.32. The summed E-state index contributed by atoms with van der Waals surface area (Å²) in [7, 11) is 0. The average Bonchev–Trinajstić information content (AvgIpc) is 3.34. The third-order valence-electron chi connectivity index (χ3n) is 5.24. The van der Waals surface area contributed by atoms with Gasteiger partial charge in [-0.25, -0.2) is 0 Å². The molecule has 0 radical (unpaired) electrons. The van der Waals surface area contributed by atoms with Crippen LogP contribution in [0.25, 0.3) is 17.1 Å². The molecule has 4 aromatic carbocycles. The third-order valence-corrected chi connectivity index (χ3v) is 6.17. The third kappa shape index (κ3) is 5.39. The fourth-order valence-electron chi connectivity index (χ4n) is 3.57. The Morgan fingerprint density at radius 2 is 1.44 bits per heavy atom. The van der Waals surface area contributed by atoms with Gasteiger partial charge in [-0.2, -0.15) is 0 Å². The first-order valence-electron chi connectivity index (χ1n) is 11.2. The molecule has 2 N–H and O–H groups in total. The monoisotopic (exact) mass is 494 g/mol. The normalized spacial score (nSPS) is 10.7. The summed E-state index contributed by atoms with van der Waals surface area (Å²) in [6, 6.07) is 33.3. The highest BCUT2D eigenvalue weighted by Gasteiger charge is 2.19. The maximum Gasteiger partial charge on any atom is 0.234 e. The lowest BCUT2D eigenvalue weighted by Gasteiger charge is -2.11. The second-order valence-corrected chi connectivity index (χ2v) is 8.71. The fraction of sp³-hybridized carbons (Fsp3) is 0.0357. The van der Waals surface area contributed by atoms with Crippen molar-refractivity contribution in [2.75, 3.05) is 11.1 Å². The molecule has 0 atom stereocenters. The van der Waals surface area contributed by atoms with E-state index < -0.39 is 0 Å². The van der Waals surface area contributed by atoms with Crippen molar-refractivity contribution in [3.8, 4) is 34.3 Å². The standard InChI is InChI=1S/C28H22N4O3S/c33-25-14-8-7-13-24(25)27-30-31-28(32(27)21-9-3-1-4-10-21)36-19-26(34)29-20-15-17-23(18-16-20)35-22-11-5-2-6-12-22/h1-18,33H,19H2,(H,29,34). The summed E-state index contributed by atoms with van der Waals surface area (Å²) in [6.07, 6.45) is 0. The van der Waals surface area contributed by atoms with E-state index in [2.05, 4.69) is 15.5 Å². The van der Waals surface area contributed by atoms with E-state index in [1.54, 1.807) is 42.5 Å². The van der Waals surface area contributed by atoms with Gasteiger partial charge in [0.2, 0.25) is 5.91 Å². The van der Waals surface area contributed by atoms with Crippen LogP contribution in [0, 0.1) is 0 Å². The molecule has 0 unspecified atom stereocenters. The molecule has 0 saturated carbocycles. The van der Waals surface area contributed by atoms with Crippen LogP contribution in [0.3, 0.4) is 0 Å². The molecule has 0 bridgehead atoms. The summed E-state index contributed by atoms with van der Waals surface area (Å²) in [6.45, 7) is 0. The van der Waals surface area contributed by atoms with E-state index in [-0.39, 0.29) is 17.4 Å². The molecule has 0 aliphatic carbocycles. The van der Waals surface area contributed by atoms with Crippen LogP contribution in [0.5, 0.6) is 17.2 Å². The number of phenols is 1. The molecule has 0 aliphatic rings. The minimum atomic E-state index is -0.177. The first-order valence-corrected chi connectivity index (χ1v) is 12.2. The Morgan fingerprint density at radius 3 is 2.17 bits per heavy atom. The number of nitrogens with one attached hydrogen (secondary N) is 1. The molecule has 5 rings (SSSR count). The quantitative estimate of drug-likeness (QED) is 0.251. The van der Waals surface area contributed by atoms with Crippen LogP contribution in [0.1, 0.15) is 0 Å². The Balaban J connectivity index is 1.28. The zero-order valence-corrected chi connectivity index (χ0v) is 19.9. The molecule has 178 valence electrons. The van der Waals surface area contributed by atoms with Crippen molar-refractivity contribution in [2.45, 2.75) is 5.16 Å². The summed E-state index contributed by atoms with van der Waals surface area (Å²) < 4.78 is 7.63. The first-order chi connectivity index (χ1) is 17.7. The number of nitrogens with zero attached hydrogens (tertiary/aromatic N) is 3. The Labute approximate surface area is 212 Å². The maximum absolute atomic E-state index is 12.7. The Hall–Kier alpha value is -4.56. The number of amides is 1. The van der Waals surface area contributed by atoms with E-state index in [0.29, 0.717) is 28.0 Å². The predicted molar refractivity (Wildman–Crippen MR) is 141 cm³/mol. The molecule has 7 nitrogen and oxygen atoms in total. The van der Waals surface area contributed by atoms with Crippen molar-refractivity contribution >= 4 is 23.4 Å². The number of hydrogen-bond donors (Lipinski definition) is 2. The highest BCUT2D eigenvalue weighted by molar-refractivity contribution is 7.99. The number of phenolic OH excluding ortho intramolecular Hbond substituents is 1. The number of carbonyl (C=O) groups is 1. The van der Waals surface area contributed by atoms with Gasteiger partial charge in [-0.1, -0.05) is 60.3 Å². The van der Waals surface area contributed by atoms with Gasteiger partial charge in [0, 0.05) is 11.4 Å². The summed E-state index contributed by atoms with van der Waals surface area (Å²) in [5.41, 5.74) is 2.06. The number of rotatable bonds is 8. The molecule has 1 aromatic heterocycles. The van der Waals surface area contributed by atoms with E-state index in [0.717, 1.165) is 11.4 Å². The van der Waals surface area contributed by atoms with Gasteiger partial charge in [0.15, 0.2) is 11.0 Å². The first kappa shape index (κ1) is 23.2. The van der Waals surface area contributed by atoms with Crippen molar-refractivity contribution in [3.05, 3.63) is 109 Å². The maximum atomic E-state index is 12.7. The summed E-state index contributed by atoms with van der Waals surface area (Å²) in [5.74, 6) is 1.99. The molecule has 1 amide bonds. The summed E-state index contributed by atoms with van der Waals surface area (Å²) >= 11 is 1.27. The summed E-state index contributed by atoms with van der Waals surface area (Å²) in [5, 5.41) is 22.4. The number of para-hydroxylation sites is 3.